The smallest absolute Gasteiger partial charge is 0.339 e. The summed E-state index contributed by atoms with van der Waals surface area (Å²) in [5.41, 5.74) is -2.20. The van der Waals surface area contributed by atoms with Crippen LogP contribution in [0.4, 0.5) is 0 Å². The lowest BCUT2D eigenvalue weighted by Gasteiger charge is -2.54. The van der Waals surface area contributed by atoms with E-state index in [1.54, 1.807) is 6.92 Å². The minimum atomic E-state index is -1.27. The van der Waals surface area contributed by atoms with Crippen molar-refractivity contribution in [2.75, 3.05) is 4.43 Å². The molecule has 2 heterocycles. The highest BCUT2D eigenvalue weighted by molar-refractivity contribution is 14.1. The number of ether oxygens (including phenoxy) is 1. The van der Waals surface area contributed by atoms with Gasteiger partial charge in [-0.15, -0.1) is 0 Å². The number of hydrogen-bond acceptors (Lipinski definition) is 4. The fourth-order valence-corrected chi connectivity index (χ4v) is 4.61. The van der Waals surface area contributed by atoms with Gasteiger partial charge in [-0.2, -0.15) is 0 Å². The minimum absolute atomic E-state index is 0.107. The van der Waals surface area contributed by atoms with Crippen LogP contribution in [-0.4, -0.2) is 38.7 Å². The monoisotopic (exact) mass is 405 g/mol. The van der Waals surface area contributed by atoms with Gasteiger partial charge in [0, 0.05) is 10.3 Å². The molecule has 116 valence electrons. The molecule has 1 aliphatic carbocycles. The van der Waals surface area contributed by atoms with Crippen molar-refractivity contribution in [3.63, 3.8) is 0 Å². The number of allylic oxidation sites excluding steroid dienone is 1. The molecule has 0 aromatic rings. The number of hydrogen-bond donors (Lipinski definition) is 2. The van der Waals surface area contributed by atoms with Crippen molar-refractivity contribution >= 4 is 34.5 Å². The molecule has 0 saturated carbocycles. The van der Waals surface area contributed by atoms with E-state index in [1.807, 2.05) is 12.2 Å². The first-order valence-electron chi connectivity index (χ1n) is 7.43. The molecule has 0 spiro atoms. The number of nitrogens with one attached hydrogen (secondary N) is 1. The molecule has 2 saturated heterocycles. The highest BCUT2D eigenvalue weighted by Crippen LogP contribution is 2.53. The van der Waals surface area contributed by atoms with Crippen LogP contribution in [0.1, 0.15) is 32.6 Å². The lowest BCUT2D eigenvalue weighted by molar-refractivity contribution is -0.238. The van der Waals surface area contributed by atoms with E-state index in [0.29, 0.717) is 6.42 Å². The topological polar surface area (TPSA) is 75.6 Å². The predicted molar refractivity (Wildman–Crippen MR) is 84.9 cm³/mol. The summed E-state index contributed by atoms with van der Waals surface area (Å²) in [5.74, 6) is -1.17. The molecule has 5 nitrogen and oxygen atoms in total. The Morgan fingerprint density at radius 3 is 2.90 bits per heavy atom. The summed E-state index contributed by atoms with van der Waals surface area (Å²) in [7, 11) is 0. The van der Waals surface area contributed by atoms with E-state index in [2.05, 4.69) is 27.9 Å². The van der Waals surface area contributed by atoms with Gasteiger partial charge in [0.05, 0.1) is 12.0 Å². The van der Waals surface area contributed by atoms with Crippen LogP contribution in [0.5, 0.6) is 0 Å². The zero-order chi connectivity index (χ0) is 15.3. The van der Waals surface area contributed by atoms with Crippen molar-refractivity contribution < 1.29 is 19.4 Å². The number of esters is 1. The SMILES string of the molecule is C[C@@]12OC(=O)[C@]1(C(O)[C@@H]1C=CCCC1)NC(=O)[C@@H]2CCI. The summed E-state index contributed by atoms with van der Waals surface area (Å²) >= 11 is 2.21. The molecule has 3 aliphatic rings. The van der Waals surface area contributed by atoms with Gasteiger partial charge in [-0.25, -0.2) is 4.79 Å². The van der Waals surface area contributed by atoms with E-state index in [9.17, 15) is 14.7 Å². The van der Waals surface area contributed by atoms with Crippen molar-refractivity contribution in [2.24, 2.45) is 11.8 Å². The Morgan fingerprint density at radius 1 is 1.57 bits per heavy atom. The Morgan fingerprint density at radius 2 is 2.33 bits per heavy atom. The standard InChI is InChI=1S/C15H20INO4/c1-14-10(7-8-16)12(19)17-15(14,13(20)21-14)11(18)9-5-3-2-4-6-9/h3,5,9-11,18H,2,4,6-8H2,1H3,(H,17,19)/t9-,10+,11?,14+,15+/m1/s1. The third-order valence-corrected chi connectivity index (χ3v) is 5.87. The molecule has 0 radical (unpaired) electrons. The van der Waals surface area contributed by atoms with Crippen LogP contribution in [0.3, 0.4) is 0 Å². The normalized spacial score (nSPS) is 42.8. The summed E-state index contributed by atoms with van der Waals surface area (Å²) in [5, 5.41) is 13.6. The first-order valence-corrected chi connectivity index (χ1v) is 8.96. The van der Waals surface area contributed by atoms with Gasteiger partial charge in [0.2, 0.25) is 11.4 Å². The van der Waals surface area contributed by atoms with E-state index >= 15 is 0 Å². The number of aliphatic hydroxyl groups excluding tert-OH is 1. The second kappa shape index (κ2) is 5.22. The van der Waals surface area contributed by atoms with Gasteiger partial charge in [-0.05, 0) is 32.6 Å². The minimum Gasteiger partial charge on any atom is -0.453 e. The van der Waals surface area contributed by atoms with Crippen LogP contribution >= 0.6 is 22.6 Å². The third kappa shape index (κ3) is 1.91. The van der Waals surface area contributed by atoms with Crippen molar-refractivity contribution in [3.8, 4) is 0 Å². The molecular weight excluding hydrogens is 385 g/mol. The largest absolute Gasteiger partial charge is 0.453 e. The first kappa shape index (κ1) is 15.3. The van der Waals surface area contributed by atoms with Crippen LogP contribution < -0.4 is 5.32 Å². The fraction of sp³-hybridized carbons (Fsp3) is 0.733. The second-order valence-corrected chi connectivity index (χ2v) is 7.37. The molecule has 21 heavy (non-hydrogen) atoms. The summed E-state index contributed by atoms with van der Waals surface area (Å²) < 4.78 is 6.20. The summed E-state index contributed by atoms with van der Waals surface area (Å²) in [6.07, 6.45) is 6.54. The fourth-order valence-electron chi connectivity index (χ4n) is 3.99. The van der Waals surface area contributed by atoms with Gasteiger partial charge >= 0.3 is 5.97 Å². The van der Waals surface area contributed by atoms with Gasteiger partial charge < -0.3 is 15.2 Å². The van der Waals surface area contributed by atoms with Gasteiger partial charge in [0.15, 0.2) is 5.60 Å². The maximum absolute atomic E-state index is 12.3. The second-order valence-electron chi connectivity index (χ2n) is 6.29. The molecule has 6 heteroatoms. The van der Waals surface area contributed by atoms with E-state index in [4.69, 9.17) is 4.74 Å². The molecule has 0 aromatic heterocycles. The van der Waals surface area contributed by atoms with Gasteiger partial charge in [0.1, 0.15) is 0 Å². The van der Waals surface area contributed by atoms with Crippen LogP contribution in [0.25, 0.3) is 0 Å². The highest BCUT2D eigenvalue weighted by Gasteiger charge is 2.79. The molecule has 2 N–H and O–H groups in total. The Bertz CT molecular complexity index is 508. The maximum atomic E-state index is 12.3. The molecular formula is C15H20INO4. The third-order valence-electron chi connectivity index (χ3n) is 5.25. The van der Waals surface area contributed by atoms with E-state index < -0.39 is 23.2 Å². The van der Waals surface area contributed by atoms with Crippen LogP contribution in [0, 0.1) is 11.8 Å². The van der Waals surface area contributed by atoms with Crippen LogP contribution in [0.2, 0.25) is 0 Å². The average molecular weight is 405 g/mol. The molecule has 0 bridgehead atoms. The molecule has 5 atom stereocenters. The number of fused-ring (bicyclic) bond motifs is 1. The Kier molecular flexibility index (Phi) is 3.80. The summed E-state index contributed by atoms with van der Waals surface area (Å²) in [6.45, 7) is 1.78. The Labute approximate surface area is 137 Å². The Hall–Kier alpha value is -0.630. The lowest BCUT2D eigenvalue weighted by Crippen LogP contribution is -2.80. The zero-order valence-electron chi connectivity index (χ0n) is 12.0. The number of aliphatic hydroxyl groups is 1. The van der Waals surface area contributed by atoms with E-state index in [0.717, 1.165) is 23.7 Å². The zero-order valence-corrected chi connectivity index (χ0v) is 14.1. The number of rotatable bonds is 4. The van der Waals surface area contributed by atoms with Crippen LogP contribution in [0.15, 0.2) is 12.2 Å². The first-order chi connectivity index (χ1) is 9.97. The van der Waals surface area contributed by atoms with Crippen molar-refractivity contribution in [1.82, 2.24) is 5.32 Å². The summed E-state index contributed by atoms with van der Waals surface area (Å²) in [4.78, 5) is 24.5. The highest BCUT2D eigenvalue weighted by atomic mass is 127. The lowest BCUT2D eigenvalue weighted by atomic mass is 9.64. The van der Waals surface area contributed by atoms with Crippen LogP contribution in [-0.2, 0) is 14.3 Å². The number of carbonyl (C=O) groups is 2. The van der Waals surface area contributed by atoms with Gasteiger partial charge in [-0.1, -0.05) is 34.7 Å². The molecule has 0 aromatic carbocycles. The molecule has 3 rings (SSSR count). The van der Waals surface area contributed by atoms with E-state index in [1.165, 1.54) is 0 Å². The van der Waals surface area contributed by atoms with Crippen molar-refractivity contribution in [3.05, 3.63) is 12.2 Å². The van der Waals surface area contributed by atoms with Crippen molar-refractivity contribution in [2.45, 2.75) is 49.9 Å². The maximum Gasteiger partial charge on any atom is 0.339 e. The number of halogens is 1. The van der Waals surface area contributed by atoms with Gasteiger partial charge in [-0.3, -0.25) is 4.79 Å². The number of alkyl halides is 1. The molecule has 2 fully saturated rings. The quantitative estimate of drug-likeness (QED) is 0.320. The summed E-state index contributed by atoms with van der Waals surface area (Å²) in [6, 6.07) is 0. The number of carbonyl (C=O) groups excluding carboxylic acids is 2. The predicted octanol–water partition coefficient (Wildman–Crippen LogP) is 1.33. The number of amides is 1. The van der Waals surface area contributed by atoms with E-state index in [-0.39, 0.29) is 17.7 Å². The molecule has 1 unspecified atom stereocenters. The average Bonchev–Trinajstić information content (AvgIpc) is 2.65. The van der Waals surface area contributed by atoms with Crippen molar-refractivity contribution in [1.29, 1.82) is 0 Å². The molecule has 2 aliphatic heterocycles. The van der Waals surface area contributed by atoms with Gasteiger partial charge in [0.25, 0.3) is 0 Å². The Balaban J connectivity index is 1.94. The molecule has 1 amide bonds.